The van der Waals surface area contributed by atoms with Crippen LogP contribution in [0.15, 0.2) is 48.5 Å². The van der Waals surface area contributed by atoms with Gasteiger partial charge in [-0.25, -0.2) is 0 Å². The fourth-order valence-electron chi connectivity index (χ4n) is 3.72. The highest BCUT2D eigenvalue weighted by Crippen LogP contribution is 2.26. The molecule has 0 bridgehead atoms. The van der Waals surface area contributed by atoms with Crippen molar-refractivity contribution in [1.82, 2.24) is 4.90 Å². The number of amides is 1. The van der Waals surface area contributed by atoms with Crippen LogP contribution in [0.3, 0.4) is 0 Å². The molecular weight excluding hydrogens is 320 g/mol. The van der Waals surface area contributed by atoms with Gasteiger partial charge in [-0.3, -0.25) is 9.69 Å². The second-order valence-corrected chi connectivity index (χ2v) is 7.45. The molecule has 1 saturated heterocycles. The van der Waals surface area contributed by atoms with E-state index in [1.54, 1.807) is 0 Å². The maximum Gasteiger partial charge on any atom is 0.226 e. The Morgan fingerprint density at radius 1 is 0.962 bits per heavy atom. The van der Waals surface area contributed by atoms with Gasteiger partial charge in [-0.2, -0.15) is 0 Å². The summed E-state index contributed by atoms with van der Waals surface area (Å²) < 4.78 is 0. The van der Waals surface area contributed by atoms with Gasteiger partial charge in [-0.15, -0.1) is 0 Å². The van der Waals surface area contributed by atoms with Crippen molar-refractivity contribution in [1.29, 1.82) is 0 Å². The number of hydrogen-bond acceptors (Lipinski definition) is 2. The zero-order valence-corrected chi connectivity index (χ0v) is 16.2. The van der Waals surface area contributed by atoms with Crippen LogP contribution in [-0.2, 0) is 11.3 Å². The highest BCUT2D eigenvalue weighted by Gasteiger charge is 2.28. The van der Waals surface area contributed by atoms with Crippen molar-refractivity contribution in [3.05, 3.63) is 65.2 Å². The predicted octanol–water partition coefficient (Wildman–Crippen LogP) is 4.71. The zero-order chi connectivity index (χ0) is 18.5. The minimum Gasteiger partial charge on any atom is -0.309 e. The van der Waals surface area contributed by atoms with Crippen LogP contribution >= 0.6 is 0 Å². The number of benzene rings is 2. The SMILES string of the molecule is CCC(=O)N(c1ccc(C)cc1)C1CCN(Cc2ccc(C)cc2)CC1. The monoisotopic (exact) mass is 350 g/mol. The van der Waals surface area contributed by atoms with E-state index in [-0.39, 0.29) is 5.91 Å². The topological polar surface area (TPSA) is 23.6 Å². The van der Waals surface area contributed by atoms with E-state index in [1.807, 2.05) is 11.8 Å². The zero-order valence-electron chi connectivity index (χ0n) is 16.2. The van der Waals surface area contributed by atoms with E-state index in [0.29, 0.717) is 12.5 Å². The molecule has 0 atom stereocenters. The smallest absolute Gasteiger partial charge is 0.226 e. The van der Waals surface area contributed by atoms with E-state index < -0.39 is 0 Å². The van der Waals surface area contributed by atoms with Crippen molar-refractivity contribution < 1.29 is 4.79 Å². The molecule has 1 amide bonds. The molecule has 1 fully saturated rings. The molecule has 0 N–H and O–H groups in total. The van der Waals surface area contributed by atoms with Crippen LogP contribution in [0.4, 0.5) is 5.69 Å². The number of nitrogens with zero attached hydrogens (tertiary/aromatic N) is 2. The summed E-state index contributed by atoms with van der Waals surface area (Å²) in [6.07, 6.45) is 2.62. The summed E-state index contributed by atoms with van der Waals surface area (Å²) in [7, 11) is 0. The summed E-state index contributed by atoms with van der Waals surface area (Å²) in [6.45, 7) is 9.24. The van der Waals surface area contributed by atoms with Gasteiger partial charge in [0.25, 0.3) is 0 Å². The van der Waals surface area contributed by atoms with Gasteiger partial charge >= 0.3 is 0 Å². The van der Waals surface area contributed by atoms with Crippen molar-refractivity contribution in [2.75, 3.05) is 18.0 Å². The third-order valence-electron chi connectivity index (χ3n) is 5.33. The third kappa shape index (κ3) is 4.53. The molecule has 0 aliphatic carbocycles. The Kier molecular flexibility index (Phi) is 6.10. The first-order chi connectivity index (χ1) is 12.6. The molecule has 0 spiro atoms. The lowest BCUT2D eigenvalue weighted by atomic mass is 10.0. The largest absolute Gasteiger partial charge is 0.309 e. The van der Waals surface area contributed by atoms with Crippen LogP contribution in [-0.4, -0.2) is 29.9 Å². The Balaban J connectivity index is 1.64. The van der Waals surface area contributed by atoms with Crippen molar-refractivity contribution >= 4 is 11.6 Å². The normalized spacial score (nSPS) is 15.8. The molecule has 1 aliphatic rings. The second kappa shape index (κ2) is 8.50. The fourth-order valence-corrected chi connectivity index (χ4v) is 3.72. The van der Waals surface area contributed by atoms with Crippen LogP contribution < -0.4 is 4.90 Å². The lowest BCUT2D eigenvalue weighted by molar-refractivity contribution is -0.119. The predicted molar refractivity (Wildman–Crippen MR) is 108 cm³/mol. The Hall–Kier alpha value is -2.13. The van der Waals surface area contributed by atoms with Crippen LogP contribution in [0, 0.1) is 13.8 Å². The van der Waals surface area contributed by atoms with E-state index in [1.165, 1.54) is 16.7 Å². The van der Waals surface area contributed by atoms with Crippen LogP contribution in [0.2, 0.25) is 0 Å². The number of likely N-dealkylation sites (tertiary alicyclic amines) is 1. The average Bonchev–Trinajstić information content (AvgIpc) is 2.66. The van der Waals surface area contributed by atoms with Crippen molar-refractivity contribution in [3.8, 4) is 0 Å². The summed E-state index contributed by atoms with van der Waals surface area (Å²) in [5.74, 6) is 0.228. The molecule has 0 saturated carbocycles. The fraction of sp³-hybridized carbons (Fsp3) is 0.435. The molecule has 3 heteroatoms. The van der Waals surface area contributed by atoms with E-state index in [2.05, 4.69) is 67.3 Å². The molecular formula is C23H30N2O. The van der Waals surface area contributed by atoms with Gasteiger partial charge in [0.2, 0.25) is 5.91 Å². The van der Waals surface area contributed by atoms with E-state index >= 15 is 0 Å². The molecule has 3 rings (SSSR count). The van der Waals surface area contributed by atoms with E-state index in [4.69, 9.17) is 0 Å². The first kappa shape index (κ1) is 18.7. The maximum atomic E-state index is 12.6. The number of hydrogen-bond donors (Lipinski definition) is 0. The number of carbonyl (C=O) groups is 1. The lowest BCUT2D eigenvalue weighted by Gasteiger charge is -2.38. The second-order valence-electron chi connectivity index (χ2n) is 7.45. The standard InChI is InChI=1S/C23H30N2O/c1-4-23(26)25(21-11-7-19(3)8-12-21)22-13-15-24(16-14-22)17-20-9-5-18(2)6-10-20/h5-12,22H,4,13-17H2,1-3H3. The Labute approximate surface area is 157 Å². The summed E-state index contributed by atoms with van der Waals surface area (Å²) in [4.78, 5) is 17.2. The van der Waals surface area contributed by atoms with Crippen molar-refractivity contribution in [3.63, 3.8) is 0 Å². The first-order valence-corrected chi connectivity index (χ1v) is 9.73. The Morgan fingerprint density at radius 3 is 2.04 bits per heavy atom. The molecule has 2 aromatic carbocycles. The number of piperidine rings is 1. The minimum absolute atomic E-state index is 0.228. The van der Waals surface area contributed by atoms with Gasteiger partial charge in [0, 0.05) is 37.8 Å². The summed E-state index contributed by atoms with van der Waals surface area (Å²) in [6, 6.07) is 17.5. The average molecular weight is 351 g/mol. The summed E-state index contributed by atoms with van der Waals surface area (Å²) in [5, 5.41) is 0. The van der Waals surface area contributed by atoms with Gasteiger partial charge in [0.05, 0.1) is 0 Å². The van der Waals surface area contributed by atoms with Crippen molar-refractivity contribution in [2.24, 2.45) is 0 Å². The summed E-state index contributed by atoms with van der Waals surface area (Å²) >= 11 is 0. The molecule has 138 valence electrons. The summed E-state index contributed by atoms with van der Waals surface area (Å²) in [5.41, 5.74) is 4.94. The quantitative estimate of drug-likeness (QED) is 0.779. The molecule has 0 radical (unpaired) electrons. The Bertz CT molecular complexity index is 713. The van der Waals surface area contributed by atoms with Crippen LogP contribution in [0.25, 0.3) is 0 Å². The molecule has 1 heterocycles. The van der Waals surface area contributed by atoms with Gasteiger partial charge in [0.15, 0.2) is 0 Å². The van der Waals surface area contributed by atoms with E-state index in [0.717, 1.165) is 38.2 Å². The molecule has 3 nitrogen and oxygen atoms in total. The van der Waals surface area contributed by atoms with Gasteiger partial charge in [-0.05, 0) is 44.4 Å². The van der Waals surface area contributed by atoms with Gasteiger partial charge < -0.3 is 4.90 Å². The minimum atomic E-state index is 0.228. The number of rotatable bonds is 5. The first-order valence-electron chi connectivity index (χ1n) is 9.73. The third-order valence-corrected chi connectivity index (χ3v) is 5.33. The molecule has 1 aliphatic heterocycles. The Morgan fingerprint density at radius 2 is 1.50 bits per heavy atom. The number of anilines is 1. The van der Waals surface area contributed by atoms with Crippen LogP contribution in [0.5, 0.6) is 0 Å². The number of aryl methyl sites for hydroxylation is 2. The van der Waals surface area contributed by atoms with Crippen LogP contribution in [0.1, 0.15) is 42.9 Å². The highest BCUT2D eigenvalue weighted by atomic mass is 16.2. The molecule has 0 aromatic heterocycles. The maximum absolute atomic E-state index is 12.6. The lowest BCUT2D eigenvalue weighted by Crippen LogP contribution is -2.47. The van der Waals surface area contributed by atoms with Crippen molar-refractivity contribution in [2.45, 2.75) is 52.6 Å². The van der Waals surface area contributed by atoms with Gasteiger partial charge in [0.1, 0.15) is 0 Å². The molecule has 2 aromatic rings. The molecule has 0 unspecified atom stereocenters. The number of carbonyl (C=O) groups excluding carboxylic acids is 1. The van der Waals surface area contributed by atoms with E-state index in [9.17, 15) is 4.79 Å². The van der Waals surface area contributed by atoms with Gasteiger partial charge in [-0.1, -0.05) is 54.4 Å². The highest BCUT2D eigenvalue weighted by molar-refractivity contribution is 5.93. The molecule has 26 heavy (non-hydrogen) atoms.